The highest BCUT2D eigenvalue weighted by Crippen LogP contribution is 2.48. The molecule has 3 aromatic carbocycles. The molecule has 0 bridgehead atoms. The average molecular weight is 371 g/mol. The second kappa shape index (κ2) is 6.32. The van der Waals surface area contributed by atoms with E-state index in [1.54, 1.807) is 29.3 Å². The molecule has 138 valence electrons. The molecule has 0 N–H and O–H groups in total. The van der Waals surface area contributed by atoms with Crippen molar-refractivity contribution in [3.63, 3.8) is 0 Å². The first kappa shape index (κ1) is 16.7. The monoisotopic (exact) mass is 371 g/mol. The fraction of sp³-hybridized carbons (Fsp3) is 0.130. The van der Waals surface area contributed by atoms with Gasteiger partial charge in [-0.25, -0.2) is 14.7 Å². The van der Waals surface area contributed by atoms with Gasteiger partial charge in [0.1, 0.15) is 6.04 Å². The number of benzene rings is 3. The molecule has 5 heteroatoms. The number of ether oxygens (including phenoxy) is 1. The number of esters is 1. The molecule has 2 aliphatic rings. The maximum atomic E-state index is 13.3. The zero-order valence-corrected chi connectivity index (χ0v) is 14.9. The number of para-hydroxylation sites is 1. The van der Waals surface area contributed by atoms with Crippen LogP contribution in [0.25, 0.3) is 0 Å². The Morgan fingerprint density at radius 2 is 1.54 bits per heavy atom. The van der Waals surface area contributed by atoms with Gasteiger partial charge >= 0.3 is 5.97 Å². The zero-order valence-electron chi connectivity index (χ0n) is 14.9. The van der Waals surface area contributed by atoms with Gasteiger partial charge in [0.25, 0.3) is 5.79 Å². The Morgan fingerprint density at radius 1 is 0.893 bits per heavy atom. The van der Waals surface area contributed by atoms with E-state index in [1.165, 1.54) is 0 Å². The van der Waals surface area contributed by atoms with Gasteiger partial charge in [-0.1, -0.05) is 66.7 Å². The number of anilines is 1. The van der Waals surface area contributed by atoms with Crippen LogP contribution in [0.4, 0.5) is 5.69 Å². The van der Waals surface area contributed by atoms with Crippen molar-refractivity contribution in [2.24, 2.45) is 0 Å². The molecule has 2 atom stereocenters. The molecule has 0 aromatic heterocycles. The van der Waals surface area contributed by atoms with Crippen LogP contribution in [0.15, 0.2) is 84.9 Å². The number of carbonyl (C=O) groups is 2. The Bertz CT molecular complexity index is 1050. The van der Waals surface area contributed by atoms with Crippen LogP contribution in [0.2, 0.25) is 0 Å². The minimum atomic E-state index is -1.29. The molecule has 1 spiro atoms. The normalized spacial score (nSPS) is 22.9. The van der Waals surface area contributed by atoms with Crippen LogP contribution in [0.1, 0.15) is 32.7 Å². The highest BCUT2D eigenvalue weighted by atomic mass is 16.8. The first-order valence-electron chi connectivity index (χ1n) is 9.13. The van der Waals surface area contributed by atoms with Gasteiger partial charge in [-0.2, -0.15) is 0 Å². The van der Waals surface area contributed by atoms with Gasteiger partial charge in [-0.15, -0.1) is 0 Å². The summed E-state index contributed by atoms with van der Waals surface area (Å²) in [4.78, 5) is 31.9. The summed E-state index contributed by atoms with van der Waals surface area (Å²) in [5, 5.41) is 1.57. The van der Waals surface area contributed by atoms with E-state index in [1.807, 2.05) is 60.7 Å². The maximum Gasteiger partial charge on any atom is 0.341 e. The van der Waals surface area contributed by atoms with Crippen molar-refractivity contribution in [2.75, 3.05) is 5.06 Å². The lowest BCUT2D eigenvalue weighted by molar-refractivity contribution is -0.180. The van der Waals surface area contributed by atoms with Crippen molar-refractivity contribution < 1.29 is 19.2 Å². The van der Waals surface area contributed by atoms with E-state index in [0.29, 0.717) is 16.7 Å². The highest BCUT2D eigenvalue weighted by molar-refractivity contribution is 6.02. The number of hydrogen-bond donors (Lipinski definition) is 0. The second-order valence-corrected chi connectivity index (χ2v) is 6.89. The van der Waals surface area contributed by atoms with E-state index < -0.39 is 17.8 Å². The molecule has 5 rings (SSSR count). The smallest absolute Gasteiger partial charge is 0.341 e. The summed E-state index contributed by atoms with van der Waals surface area (Å²) in [5.41, 5.74) is 2.45. The van der Waals surface area contributed by atoms with E-state index in [0.717, 1.165) is 5.69 Å². The van der Waals surface area contributed by atoms with Crippen molar-refractivity contribution >= 4 is 17.4 Å². The van der Waals surface area contributed by atoms with Crippen molar-refractivity contribution in [3.8, 4) is 0 Å². The van der Waals surface area contributed by atoms with Gasteiger partial charge in [-0.05, 0) is 18.2 Å². The summed E-state index contributed by atoms with van der Waals surface area (Å²) in [6.07, 6.45) is 0.221. The van der Waals surface area contributed by atoms with Crippen molar-refractivity contribution in [2.45, 2.75) is 18.2 Å². The minimum absolute atomic E-state index is 0.0817. The van der Waals surface area contributed by atoms with Crippen LogP contribution in [0.3, 0.4) is 0 Å². The highest BCUT2D eigenvalue weighted by Gasteiger charge is 2.57. The molecule has 0 amide bonds. The Hall–Kier alpha value is -3.44. The van der Waals surface area contributed by atoms with Gasteiger partial charge in [-0.3, -0.25) is 4.79 Å². The number of fused-ring (bicyclic) bond motifs is 2. The summed E-state index contributed by atoms with van der Waals surface area (Å²) in [7, 11) is 0. The van der Waals surface area contributed by atoms with Crippen LogP contribution in [0.5, 0.6) is 0 Å². The molecule has 2 aliphatic heterocycles. The quantitative estimate of drug-likeness (QED) is 0.512. The fourth-order valence-corrected chi connectivity index (χ4v) is 3.87. The van der Waals surface area contributed by atoms with Crippen molar-refractivity contribution in [1.82, 2.24) is 0 Å². The first-order chi connectivity index (χ1) is 13.7. The van der Waals surface area contributed by atoms with Crippen LogP contribution < -0.4 is 5.06 Å². The molecule has 1 saturated heterocycles. The lowest BCUT2D eigenvalue weighted by Gasteiger charge is -2.25. The average Bonchev–Trinajstić information content (AvgIpc) is 3.27. The lowest BCUT2D eigenvalue weighted by atomic mass is 9.93. The lowest BCUT2D eigenvalue weighted by Crippen LogP contribution is -2.35. The third-order valence-electron chi connectivity index (χ3n) is 5.18. The number of carbonyl (C=O) groups excluding carboxylic acids is 2. The fourth-order valence-electron chi connectivity index (χ4n) is 3.87. The summed E-state index contributed by atoms with van der Waals surface area (Å²) < 4.78 is 5.69. The van der Waals surface area contributed by atoms with Crippen LogP contribution >= 0.6 is 0 Å². The maximum absolute atomic E-state index is 13.3. The Kier molecular flexibility index (Phi) is 3.77. The molecule has 0 unspecified atom stereocenters. The zero-order chi connectivity index (χ0) is 19.1. The topological polar surface area (TPSA) is 55.8 Å². The number of hydroxylamine groups is 1. The van der Waals surface area contributed by atoms with E-state index in [4.69, 9.17) is 9.57 Å². The first-order valence-corrected chi connectivity index (χ1v) is 9.13. The largest absolute Gasteiger partial charge is 0.423 e. The molecular formula is C23H17NO4. The van der Waals surface area contributed by atoms with E-state index in [2.05, 4.69) is 0 Å². The van der Waals surface area contributed by atoms with Crippen molar-refractivity contribution in [3.05, 3.63) is 102 Å². The Morgan fingerprint density at radius 3 is 2.29 bits per heavy atom. The van der Waals surface area contributed by atoms with Crippen LogP contribution in [-0.2, 0) is 15.4 Å². The standard InChI is InChI=1S/C23H17NO4/c25-21(16-9-3-1-4-10-16)20-15-23(28-24(20)17-11-5-2-6-12-17)19-14-8-7-13-18(19)22(26)27-23/h1-14,20H,15H2/t20-,23-/m1/s1. The predicted octanol–water partition coefficient (Wildman–Crippen LogP) is 4.10. The van der Waals surface area contributed by atoms with Gasteiger partial charge in [0.05, 0.1) is 17.7 Å². The SMILES string of the molecule is O=C1O[C@@]2(C[C@H](C(=O)c3ccccc3)N(c3ccccc3)O2)c2ccccc21. The van der Waals surface area contributed by atoms with E-state index in [9.17, 15) is 9.59 Å². The van der Waals surface area contributed by atoms with Gasteiger partial charge in [0.15, 0.2) is 5.78 Å². The molecule has 3 aromatic rings. The summed E-state index contributed by atoms with van der Waals surface area (Å²) in [6, 6.07) is 25.0. The van der Waals surface area contributed by atoms with Gasteiger partial charge in [0.2, 0.25) is 0 Å². The molecular weight excluding hydrogens is 354 g/mol. The minimum Gasteiger partial charge on any atom is -0.423 e. The molecule has 0 aliphatic carbocycles. The van der Waals surface area contributed by atoms with Gasteiger partial charge in [0, 0.05) is 11.1 Å². The number of rotatable bonds is 3. The summed E-state index contributed by atoms with van der Waals surface area (Å²) in [6.45, 7) is 0. The molecule has 5 nitrogen and oxygen atoms in total. The molecule has 28 heavy (non-hydrogen) atoms. The molecule has 0 radical (unpaired) electrons. The van der Waals surface area contributed by atoms with Crippen molar-refractivity contribution in [1.29, 1.82) is 0 Å². The molecule has 0 saturated carbocycles. The summed E-state index contributed by atoms with van der Waals surface area (Å²) >= 11 is 0. The number of Topliss-reactive ketones (excluding diaryl/α,β-unsaturated/α-hetero) is 1. The van der Waals surface area contributed by atoms with E-state index >= 15 is 0 Å². The molecule has 1 fully saturated rings. The van der Waals surface area contributed by atoms with Gasteiger partial charge < -0.3 is 4.74 Å². The number of ketones is 1. The molecule has 2 heterocycles. The van der Waals surface area contributed by atoms with E-state index in [-0.39, 0.29) is 12.2 Å². The third kappa shape index (κ3) is 2.52. The van der Waals surface area contributed by atoms with Crippen LogP contribution in [-0.4, -0.2) is 17.8 Å². The van der Waals surface area contributed by atoms with Crippen LogP contribution in [0, 0.1) is 0 Å². The summed E-state index contributed by atoms with van der Waals surface area (Å²) in [5.74, 6) is -1.81. The third-order valence-corrected chi connectivity index (χ3v) is 5.18. The number of hydrogen-bond acceptors (Lipinski definition) is 5. The number of nitrogens with zero attached hydrogens (tertiary/aromatic N) is 1. The predicted molar refractivity (Wildman–Crippen MR) is 103 cm³/mol. The Balaban J connectivity index is 1.60. The Labute approximate surface area is 162 Å². The second-order valence-electron chi connectivity index (χ2n) is 6.89.